The van der Waals surface area contributed by atoms with Gasteiger partial charge in [-0.25, -0.2) is 4.68 Å². The Labute approximate surface area is 106 Å². The monoisotopic (exact) mass is 240 g/mol. The summed E-state index contributed by atoms with van der Waals surface area (Å²) in [4.78, 5) is 0. The molecule has 0 N–H and O–H groups in total. The van der Waals surface area contributed by atoms with Crippen LogP contribution in [0.4, 0.5) is 0 Å². The summed E-state index contributed by atoms with van der Waals surface area (Å²) in [6, 6.07) is 10.4. The minimum atomic E-state index is 0.925. The number of nitrogens with zero attached hydrogens (tertiary/aromatic N) is 4. The molecule has 0 saturated heterocycles. The summed E-state index contributed by atoms with van der Waals surface area (Å²) in [5.74, 6) is 0.929. The maximum Gasteiger partial charge on any atom is 0.177 e. The first-order valence-corrected chi connectivity index (χ1v) is 6.46. The van der Waals surface area contributed by atoms with Gasteiger partial charge in [-0.15, -0.1) is 5.10 Å². The van der Waals surface area contributed by atoms with Crippen molar-refractivity contribution in [3.8, 4) is 0 Å². The number of aryl methyl sites for hydroxylation is 1. The maximum absolute atomic E-state index is 4.17. The Morgan fingerprint density at radius 1 is 1.06 bits per heavy atom. The van der Waals surface area contributed by atoms with E-state index in [0.29, 0.717) is 0 Å². The SMILES string of the molecule is C(=C1\CCCCCn2nnnc21)/c1ccccc1. The molecule has 1 aliphatic rings. The lowest BCUT2D eigenvalue weighted by molar-refractivity contribution is 0.516. The minimum Gasteiger partial charge on any atom is -0.226 e. The molecule has 1 aliphatic heterocycles. The molecule has 4 heteroatoms. The highest BCUT2D eigenvalue weighted by Gasteiger charge is 2.14. The molecule has 1 aromatic heterocycles. The summed E-state index contributed by atoms with van der Waals surface area (Å²) in [7, 11) is 0. The van der Waals surface area contributed by atoms with Crippen LogP contribution in [-0.2, 0) is 6.54 Å². The molecule has 0 amide bonds. The highest BCUT2D eigenvalue weighted by molar-refractivity contribution is 5.78. The van der Waals surface area contributed by atoms with Crippen molar-refractivity contribution in [3.63, 3.8) is 0 Å². The van der Waals surface area contributed by atoms with Gasteiger partial charge in [0.05, 0.1) is 0 Å². The first-order chi connectivity index (χ1) is 8.93. The molecule has 0 aliphatic carbocycles. The predicted molar refractivity (Wildman–Crippen MR) is 70.6 cm³/mol. The van der Waals surface area contributed by atoms with Crippen molar-refractivity contribution in [2.45, 2.75) is 32.2 Å². The van der Waals surface area contributed by atoms with Crippen molar-refractivity contribution in [3.05, 3.63) is 41.7 Å². The Kier molecular flexibility index (Phi) is 3.17. The van der Waals surface area contributed by atoms with Crippen LogP contribution in [0.3, 0.4) is 0 Å². The van der Waals surface area contributed by atoms with E-state index < -0.39 is 0 Å². The number of fused-ring (bicyclic) bond motifs is 1. The number of tetrazole rings is 1. The van der Waals surface area contributed by atoms with Crippen molar-refractivity contribution in [2.75, 3.05) is 0 Å². The molecular weight excluding hydrogens is 224 g/mol. The first-order valence-electron chi connectivity index (χ1n) is 6.46. The number of benzene rings is 1. The second kappa shape index (κ2) is 5.12. The van der Waals surface area contributed by atoms with Crippen molar-refractivity contribution < 1.29 is 0 Å². The van der Waals surface area contributed by atoms with Crippen LogP contribution < -0.4 is 0 Å². The molecule has 0 bridgehead atoms. The second-order valence-electron chi connectivity index (χ2n) is 4.62. The molecule has 2 heterocycles. The molecular formula is C14H16N4. The zero-order valence-corrected chi connectivity index (χ0v) is 10.3. The molecule has 0 unspecified atom stereocenters. The van der Waals surface area contributed by atoms with E-state index in [1.54, 1.807) is 0 Å². The van der Waals surface area contributed by atoms with Gasteiger partial charge >= 0.3 is 0 Å². The van der Waals surface area contributed by atoms with E-state index in [9.17, 15) is 0 Å². The average Bonchev–Trinajstić information content (AvgIpc) is 2.83. The highest BCUT2D eigenvalue weighted by atomic mass is 15.5. The molecule has 92 valence electrons. The summed E-state index contributed by atoms with van der Waals surface area (Å²) in [5.41, 5.74) is 2.45. The Hall–Kier alpha value is -1.97. The van der Waals surface area contributed by atoms with Crippen molar-refractivity contribution in [1.29, 1.82) is 0 Å². The van der Waals surface area contributed by atoms with Gasteiger partial charge in [-0.1, -0.05) is 36.8 Å². The fraction of sp³-hybridized carbons (Fsp3) is 0.357. The van der Waals surface area contributed by atoms with E-state index in [-0.39, 0.29) is 0 Å². The van der Waals surface area contributed by atoms with Crippen LogP contribution in [0.1, 0.15) is 37.1 Å². The van der Waals surface area contributed by atoms with Gasteiger partial charge in [0, 0.05) is 6.54 Å². The number of aromatic nitrogens is 4. The fourth-order valence-electron chi connectivity index (χ4n) is 2.34. The van der Waals surface area contributed by atoms with Gasteiger partial charge in [0.25, 0.3) is 0 Å². The molecule has 0 fully saturated rings. The third-order valence-corrected chi connectivity index (χ3v) is 3.28. The standard InChI is InChI=1S/C14H16N4/c1-3-7-12(8-4-1)11-13-9-5-2-6-10-18-14(13)15-16-17-18/h1,3-4,7-8,11H,2,5-6,9-10H2/b13-11-. The topological polar surface area (TPSA) is 43.6 Å². The number of hydrogen-bond donors (Lipinski definition) is 0. The Morgan fingerprint density at radius 3 is 2.83 bits per heavy atom. The molecule has 0 radical (unpaired) electrons. The van der Waals surface area contributed by atoms with Gasteiger partial charge in [-0.2, -0.15) is 0 Å². The van der Waals surface area contributed by atoms with Crippen LogP contribution in [0, 0.1) is 0 Å². The van der Waals surface area contributed by atoms with E-state index in [0.717, 1.165) is 25.2 Å². The van der Waals surface area contributed by atoms with Crippen molar-refractivity contribution in [2.24, 2.45) is 0 Å². The highest BCUT2D eigenvalue weighted by Crippen LogP contribution is 2.24. The Balaban J connectivity index is 1.99. The van der Waals surface area contributed by atoms with Crippen LogP contribution in [0.25, 0.3) is 11.6 Å². The van der Waals surface area contributed by atoms with E-state index in [4.69, 9.17) is 0 Å². The quantitative estimate of drug-likeness (QED) is 0.769. The van der Waals surface area contributed by atoms with Crippen LogP contribution in [0.2, 0.25) is 0 Å². The van der Waals surface area contributed by atoms with Gasteiger partial charge in [0.15, 0.2) is 5.82 Å². The van der Waals surface area contributed by atoms with Gasteiger partial charge in [-0.05, 0) is 46.9 Å². The number of allylic oxidation sites excluding steroid dienone is 1. The van der Waals surface area contributed by atoms with Crippen LogP contribution in [0.15, 0.2) is 30.3 Å². The van der Waals surface area contributed by atoms with Crippen LogP contribution in [0.5, 0.6) is 0 Å². The Bertz CT molecular complexity index is 542. The minimum absolute atomic E-state index is 0.925. The Morgan fingerprint density at radius 2 is 1.94 bits per heavy atom. The number of rotatable bonds is 1. The molecule has 0 atom stereocenters. The van der Waals surface area contributed by atoms with Gasteiger partial charge in [-0.3, -0.25) is 0 Å². The van der Waals surface area contributed by atoms with Gasteiger partial charge in [0.1, 0.15) is 0 Å². The molecule has 2 aromatic rings. The van der Waals surface area contributed by atoms with Gasteiger partial charge in [0.2, 0.25) is 0 Å². The second-order valence-corrected chi connectivity index (χ2v) is 4.62. The molecule has 3 rings (SSSR count). The zero-order valence-electron chi connectivity index (χ0n) is 10.3. The first kappa shape index (κ1) is 11.1. The molecule has 4 nitrogen and oxygen atoms in total. The lowest BCUT2D eigenvalue weighted by atomic mass is 10.0. The fourth-order valence-corrected chi connectivity index (χ4v) is 2.34. The van der Waals surface area contributed by atoms with Crippen LogP contribution >= 0.6 is 0 Å². The molecule has 1 aromatic carbocycles. The normalized spacial score (nSPS) is 18.1. The summed E-state index contributed by atoms with van der Waals surface area (Å²) in [5, 5.41) is 12.0. The third kappa shape index (κ3) is 2.32. The zero-order chi connectivity index (χ0) is 12.2. The summed E-state index contributed by atoms with van der Waals surface area (Å²) in [6.45, 7) is 0.925. The molecule has 0 spiro atoms. The predicted octanol–water partition coefficient (Wildman–Crippen LogP) is 2.79. The summed E-state index contributed by atoms with van der Waals surface area (Å²) < 4.78 is 1.92. The summed E-state index contributed by atoms with van der Waals surface area (Å²) in [6.07, 6.45) is 6.87. The third-order valence-electron chi connectivity index (χ3n) is 3.28. The van der Waals surface area contributed by atoms with Crippen LogP contribution in [-0.4, -0.2) is 20.2 Å². The number of hydrogen-bond acceptors (Lipinski definition) is 3. The van der Waals surface area contributed by atoms with Crippen molar-refractivity contribution in [1.82, 2.24) is 20.2 Å². The summed E-state index contributed by atoms with van der Waals surface area (Å²) >= 11 is 0. The lowest BCUT2D eigenvalue weighted by Gasteiger charge is -2.12. The van der Waals surface area contributed by atoms with E-state index in [1.807, 2.05) is 10.7 Å². The average molecular weight is 240 g/mol. The lowest BCUT2D eigenvalue weighted by Crippen LogP contribution is -2.08. The smallest absolute Gasteiger partial charge is 0.177 e. The largest absolute Gasteiger partial charge is 0.226 e. The van der Waals surface area contributed by atoms with Gasteiger partial charge < -0.3 is 0 Å². The molecule has 0 saturated carbocycles. The van der Waals surface area contributed by atoms with Crippen molar-refractivity contribution >= 4 is 11.6 Å². The van der Waals surface area contributed by atoms with E-state index in [2.05, 4.69) is 45.9 Å². The molecule has 18 heavy (non-hydrogen) atoms. The van der Waals surface area contributed by atoms with E-state index >= 15 is 0 Å². The van der Waals surface area contributed by atoms with E-state index in [1.165, 1.54) is 24.0 Å². The maximum atomic E-state index is 4.17.